The van der Waals surface area contributed by atoms with Crippen molar-refractivity contribution in [1.29, 1.82) is 0 Å². The zero-order chi connectivity index (χ0) is 58.5. The van der Waals surface area contributed by atoms with E-state index in [2.05, 4.69) is 240 Å². The zero-order valence-electron chi connectivity index (χ0n) is 52.1. The number of hydrogen-bond donors (Lipinski definition) is 0. The molecule has 4 aromatic carbocycles. The molecule has 0 atom stereocenters. The quantitative estimate of drug-likeness (QED) is 0.117. The Morgan fingerprint density at radius 3 is 1.19 bits per heavy atom. The standard InChI is InChI=1S/C67H82N8O2Si3.Co/c1-63(2,3)44-26-30-48-52(36-44)61-71-56(48)68-57-49-31-27-46(65(7,8)9)38-54(49)62(72-57)75-59-51-35-41(24-29-47(51)55(69-59)70-60-53-37-45(64(4,5)6)28-32-50(53)58(73-60)74-61)23-25-42(39-76-79(19,20)66(10,11)12)43(33-34-78(16,17)18)40-77-80(21,22)67(13,14)15;/h24,26-32,35-38H,39-40H2,1-22H3;/q-2;+2/b43-42+;. The van der Waals surface area contributed by atoms with Gasteiger partial charge in [0.05, 0.1) is 36.5 Å². The zero-order valence-corrected chi connectivity index (χ0v) is 56.1. The molecule has 2 aliphatic heterocycles. The van der Waals surface area contributed by atoms with Crippen molar-refractivity contribution >= 4 is 68.8 Å². The number of aromatic nitrogens is 8. The molecule has 1 radical (unpaired) electrons. The van der Waals surface area contributed by atoms with Crippen LogP contribution in [0, 0.1) is 23.3 Å². The maximum Gasteiger partial charge on any atom is 2.00 e. The van der Waals surface area contributed by atoms with Crippen LogP contribution in [0.1, 0.15) is 126 Å². The third kappa shape index (κ3) is 12.9. The monoisotopic (exact) mass is 1170 g/mol. The van der Waals surface area contributed by atoms with Crippen molar-refractivity contribution in [3.8, 4) is 68.9 Å². The Labute approximate surface area is 495 Å². The van der Waals surface area contributed by atoms with Gasteiger partial charge in [0.25, 0.3) is 0 Å². The van der Waals surface area contributed by atoms with E-state index in [1.54, 1.807) is 0 Å². The van der Waals surface area contributed by atoms with Gasteiger partial charge in [-0.05, 0) is 121 Å². The number of hydrogen-bond acceptors (Lipinski definition) is 8. The number of nitrogens with zero attached hydrogens (tertiary/aromatic N) is 8. The summed E-state index contributed by atoms with van der Waals surface area (Å²) in [4.78, 5) is 42.4. The first kappa shape index (κ1) is 61.3. The first-order valence-corrected chi connectivity index (χ1v) is 37.5. The van der Waals surface area contributed by atoms with Gasteiger partial charge in [0.2, 0.25) is 0 Å². The molecule has 81 heavy (non-hydrogen) atoms. The summed E-state index contributed by atoms with van der Waals surface area (Å²) in [5, 5.41) is 3.49. The molecule has 0 fully saturated rings. The van der Waals surface area contributed by atoms with Gasteiger partial charge in [-0.1, -0.05) is 184 Å². The molecule has 10 nitrogen and oxygen atoms in total. The normalized spacial score (nSPS) is 13.7. The molecular weight excluding hydrogens is 1090 g/mol. The summed E-state index contributed by atoms with van der Waals surface area (Å²) >= 11 is 0. The van der Waals surface area contributed by atoms with Crippen LogP contribution < -0.4 is 9.97 Å². The first-order valence-electron chi connectivity index (χ1n) is 28.2. The fraction of sp³-hybridized carbons (Fsp3) is 0.433. The van der Waals surface area contributed by atoms with Gasteiger partial charge in [0.15, 0.2) is 16.6 Å². The van der Waals surface area contributed by atoms with Gasteiger partial charge in [-0.25, -0.2) is 9.97 Å². The van der Waals surface area contributed by atoms with Crippen molar-refractivity contribution in [1.82, 2.24) is 39.9 Å². The number of rotatable bonds is 6. The van der Waals surface area contributed by atoms with Crippen LogP contribution in [0.25, 0.3) is 89.7 Å². The smallest absolute Gasteiger partial charge is 0.412 e. The predicted octanol–water partition coefficient (Wildman–Crippen LogP) is 16.6. The Kier molecular flexibility index (Phi) is 16.2. The van der Waals surface area contributed by atoms with Crippen molar-refractivity contribution in [2.75, 3.05) is 13.2 Å². The molecule has 14 heteroatoms. The van der Waals surface area contributed by atoms with Crippen LogP contribution in [-0.4, -0.2) is 67.8 Å². The van der Waals surface area contributed by atoms with Crippen molar-refractivity contribution < 1.29 is 25.6 Å². The van der Waals surface area contributed by atoms with E-state index in [0.29, 0.717) is 59.1 Å². The maximum atomic E-state index is 6.98. The Bertz CT molecular complexity index is 3990. The minimum Gasteiger partial charge on any atom is -0.412 e. The Balaban J connectivity index is 0.00000860. The predicted molar refractivity (Wildman–Crippen MR) is 341 cm³/mol. The second kappa shape index (κ2) is 21.4. The first-order chi connectivity index (χ1) is 36.9. The molecule has 0 spiro atoms. The van der Waals surface area contributed by atoms with Crippen LogP contribution >= 0.6 is 0 Å². The molecular formula is C67H82CoN8O2Si3. The van der Waals surface area contributed by atoms with Crippen LogP contribution in [0.4, 0.5) is 0 Å². The molecule has 8 bridgehead atoms. The summed E-state index contributed by atoms with van der Waals surface area (Å²) in [5.41, 5.74) is 14.6. The average Bonchev–Trinajstić information content (AvgIpc) is 4.07. The molecule has 423 valence electrons. The van der Waals surface area contributed by atoms with Gasteiger partial charge >= 0.3 is 16.8 Å². The fourth-order valence-electron chi connectivity index (χ4n) is 8.89. The Morgan fingerprint density at radius 1 is 0.420 bits per heavy atom. The summed E-state index contributed by atoms with van der Waals surface area (Å²) in [6, 6.07) is 25.6. The molecule has 0 aliphatic carbocycles. The van der Waals surface area contributed by atoms with Gasteiger partial charge in [-0.15, -0.1) is 5.54 Å². The third-order valence-electron chi connectivity index (χ3n) is 16.4. The van der Waals surface area contributed by atoms with Crippen LogP contribution in [0.3, 0.4) is 0 Å². The molecule has 0 amide bonds. The topological polar surface area (TPSA) is 124 Å². The van der Waals surface area contributed by atoms with Gasteiger partial charge in [0, 0.05) is 61.6 Å². The average molecular weight is 1170 g/mol. The molecule has 0 unspecified atom stereocenters. The van der Waals surface area contributed by atoms with Gasteiger partial charge in [-0.3, -0.25) is 0 Å². The van der Waals surface area contributed by atoms with Crippen molar-refractivity contribution in [3.63, 3.8) is 0 Å². The van der Waals surface area contributed by atoms with Crippen LogP contribution in [-0.2, 0) is 41.9 Å². The largest absolute Gasteiger partial charge is 2.00 e. The molecule has 0 saturated heterocycles. The van der Waals surface area contributed by atoms with Gasteiger partial charge in [0.1, 0.15) is 8.07 Å². The molecule has 3 aromatic heterocycles. The van der Waals surface area contributed by atoms with Gasteiger partial charge < -0.3 is 38.8 Å². The minimum atomic E-state index is -2.21. The second-order valence-electron chi connectivity index (χ2n) is 29.1. The summed E-state index contributed by atoms with van der Waals surface area (Å²) in [5.74, 6) is 12.9. The van der Waals surface area contributed by atoms with Crippen molar-refractivity contribution in [2.45, 2.75) is 176 Å². The number of benzene rings is 4. The SMILES string of the molecule is CC(C)(C)c1ccc2c(c1)-c1nc-2nc2[n-]c(nc3nc(nc4[n-]c(n1)c1ccc(C(C)(C)C)cc41)-c1ccc(C#C/C(CO[Si](C)(C)C(C)(C)C)=C(/C#C[Si](C)(C)C)CO[Si](C)(C)C(C)(C)C)cc1-3)c1cc(C(C)(C)C)ccc21.[Co+2]. The van der Waals surface area contributed by atoms with Crippen LogP contribution in [0.15, 0.2) is 83.9 Å². The summed E-state index contributed by atoms with van der Waals surface area (Å²) < 4.78 is 13.9. The molecule has 9 rings (SSSR count). The Morgan fingerprint density at radius 2 is 0.778 bits per heavy atom. The second-order valence-corrected chi connectivity index (χ2v) is 43.4. The molecule has 7 aromatic rings. The van der Waals surface area contributed by atoms with Crippen LogP contribution in [0.5, 0.6) is 0 Å². The molecule has 0 saturated carbocycles. The summed E-state index contributed by atoms with van der Waals surface area (Å²) in [6.07, 6.45) is 0. The fourth-order valence-corrected chi connectivity index (χ4v) is 11.3. The van der Waals surface area contributed by atoms with Crippen LogP contribution in [0.2, 0.25) is 55.9 Å². The number of fused-ring (bicyclic) bond motifs is 20. The summed E-state index contributed by atoms with van der Waals surface area (Å²) in [6.45, 7) is 50.2. The minimum absolute atomic E-state index is 0. The third-order valence-corrected chi connectivity index (χ3v) is 26.2. The van der Waals surface area contributed by atoms with E-state index >= 15 is 0 Å². The maximum absolute atomic E-state index is 6.98. The van der Waals surface area contributed by atoms with Crippen molar-refractivity contribution in [2.24, 2.45) is 0 Å². The van der Waals surface area contributed by atoms with E-state index in [9.17, 15) is 0 Å². The van der Waals surface area contributed by atoms with Crippen molar-refractivity contribution in [3.05, 3.63) is 106 Å². The van der Waals surface area contributed by atoms with E-state index in [1.807, 2.05) is 6.07 Å². The Hall–Kier alpha value is -5.82. The van der Waals surface area contributed by atoms with E-state index in [1.165, 1.54) is 5.56 Å². The van der Waals surface area contributed by atoms with E-state index < -0.39 is 24.7 Å². The molecule has 5 heterocycles. The molecule has 2 aliphatic rings. The summed E-state index contributed by atoms with van der Waals surface area (Å²) in [7, 11) is -6.19. The van der Waals surface area contributed by atoms with Gasteiger partial charge in [-0.2, -0.15) is 0 Å². The van der Waals surface area contributed by atoms with E-state index in [0.717, 1.165) is 71.6 Å². The van der Waals surface area contributed by atoms with E-state index in [4.69, 9.17) is 48.7 Å². The molecule has 0 N–H and O–H groups in total. The van der Waals surface area contributed by atoms with E-state index in [-0.39, 0.29) is 43.1 Å².